The van der Waals surface area contributed by atoms with Crippen molar-refractivity contribution in [1.82, 2.24) is 5.32 Å². The molecule has 18 heavy (non-hydrogen) atoms. The van der Waals surface area contributed by atoms with E-state index in [9.17, 15) is 14.4 Å². The van der Waals surface area contributed by atoms with Crippen LogP contribution in [0.2, 0.25) is 0 Å². The van der Waals surface area contributed by atoms with Crippen molar-refractivity contribution in [1.29, 1.82) is 0 Å². The lowest BCUT2D eigenvalue weighted by molar-refractivity contribution is -0.128. The lowest BCUT2D eigenvalue weighted by Crippen LogP contribution is -2.53. The molecule has 1 heterocycles. The Morgan fingerprint density at radius 3 is 2.22 bits per heavy atom. The number of anilines is 1. The second-order valence-electron chi connectivity index (χ2n) is 4.15. The number of aryl methyl sites for hydroxylation is 2. The molecule has 1 aromatic rings. The number of hydrogen-bond donors (Lipinski definition) is 1. The molecule has 0 unspecified atom stereocenters. The van der Waals surface area contributed by atoms with Gasteiger partial charge in [0.05, 0.1) is 5.69 Å². The zero-order valence-corrected chi connectivity index (χ0v) is 11.5. The van der Waals surface area contributed by atoms with Crippen LogP contribution in [0.3, 0.4) is 0 Å². The summed E-state index contributed by atoms with van der Waals surface area (Å²) >= 11 is 3.35. The Bertz CT molecular complexity index is 525. The summed E-state index contributed by atoms with van der Waals surface area (Å²) in [5, 5.41) is 2.14. The summed E-state index contributed by atoms with van der Waals surface area (Å²) in [5.41, 5.74) is 2.12. The molecule has 1 N–H and O–H groups in total. The third-order valence-electron chi connectivity index (χ3n) is 2.69. The largest absolute Gasteiger partial charge is 0.335 e. The highest BCUT2D eigenvalue weighted by molar-refractivity contribution is 9.10. The molecule has 0 spiro atoms. The van der Waals surface area contributed by atoms with E-state index in [1.54, 1.807) is 0 Å². The fourth-order valence-electron chi connectivity index (χ4n) is 2.03. The van der Waals surface area contributed by atoms with Crippen LogP contribution in [0.25, 0.3) is 0 Å². The van der Waals surface area contributed by atoms with E-state index in [2.05, 4.69) is 21.2 Å². The monoisotopic (exact) mass is 310 g/mol. The van der Waals surface area contributed by atoms with Crippen LogP contribution in [0, 0.1) is 13.8 Å². The highest BCUT2D eigenvalue weighted by Gasteiger charge is 2.33. The molecular formula is C12H11BrN2O3. The molecule has 0 aromatic heterocycles. The summed E-state index contributed by atoms with van der Waals surface area (Å²) in [4.78, 5) is 35.7. The predicted molar refractivity (Wildman–Crippen MR) is 69.3 cm³/mol. The number of rotatable bonds is 1. The van der Waals surface area contributed by atoms with Crippen molar-refractivity contribution >= 4 is 39.5 Å². The summed E-state index contributed by atoms with van der Waals surface area (Å²) in [6.07, 6.45) is -0.305. The van der Waals surface area contributed by atoms with Crippen molar-refractivity contribution in [2.75, 3.05) is 4.90 Å². The van der Waals surface area contributed by atoms with Crippen LogP contribution in [-0.2, 0) is 9.59 Å². The second-order valence-corrected chi connectivity index (χ2v) is 5.06. The highest BCUT2D eigenvalue weighted by Crippen LogP contribution is 2.30. The van der Waals surface area contributed by atoms with Crippen molar-refractivity contribution in [3.8, 4) is 0 Å². The maximum absolute atomic E-state index is 11.8. The first-order valence-electron chi connectivity index (χ1n) is 5.33. The van der Waals surface area contributed by atoms with Gasteiger partial charge < -0.3 is 0 Å². The van der Waals surface area contributed by atoms with E-state index in [1.165, 1.54) is 0 Å². The standard InChI is InChI=1S/C12H11BrN2O3/c1-6-3-8(13)4-7(2)11(6)15-10(17)5-9(16)14-12(15)18/h3-4H,5H2,1-2H3,(H,14,16,18). The summed E-state index contributed by atoms with van der Waals surface area (Å²) in [6, 6.07) is 2.95. The molecule has 94 valence electrons. The van der Waals surface area contributed by atoms with E-state index in [1.807, 2.05) is 26.0 Å². The summed E-state index contributed by atoms with van der Waals surface area (Å²) in [5.74, 6) is -1.06. The Kier molecular flexibility index (Phi) is 3.21. The molecule has 1 aliphatic heterocycles. The third kappa shape index (κ3) is 2.15. The molecule has 6 heteroatoms. The Hall–Kier alpha value is -1.69. The van der Waals surface area contributed by atoms with Crippen molar-refractivity contribution in [3.63, 3.8) is 0 Å². The molecule has 0 atom stereocenters. The first-order valence-corrected chi connectivity index (χ1v) is 6.13. The zero-order chi connectivity index (χ0) is 13.4. The number of benzene rings is 1. The molecule has 1 saturated heterocycles. The number of carbonyl (C=O) groups is 3. The molecule has 1 aliphatic rings. The smallest absolute Gasteiger partial charge is 0.277 e. The summed E-state index contributed by atoms with van der Waals surface area (Å²) in [6.45, 7) is 3.62. The third-order valence-corrected chi connectivity index (χ3v) is 3.15. The van der Waals surface area contributed by atoms with E-state index in [-0.39, 0.29) is 6.42 Å². The SMILES string of the molecule is Cc1cc(Br)cc(C)c1N1C(=O)CC(=O)NC1=O. The fourth-order valence-corrected chi connectivity index (χ4v) is 2.72. The number of barbiturate groups is 1. The van der Waals surface area contributed by atoms with Crippen molar-refractivity contribution in [3.05, 3.63) is 27.7 Å². The minimum absolute atomic E-state index is 0.305. The van der Waals surface area contributed by atoms with Gasteiger partial charge >= 0.3 is 6.03 Å². The molecule has 4 amide bonds. The molecular weight excluding hydrogens is 300 g/mol. The van der Waals surface area contributed by atoms with E-state index < -0.39 is 17.8 Å². The van der Waals surface area contributed by atoms with Gasteiger partial charge in [-0.1, -0.05) is 15.9 Å². The number of amides is 4. The average Bonchev–Trinajstić information content (AvgIpc) is 2.20. The van der Waals surface area contributed by atoms with Crippen LogP contribution in [0.1, 0.15) is 17.5 Å². The Morgan fingerprint density at radius 1 is 1.17 bits per heavy atom. The van der Waals surface area contributed by atoms with Crippen LogP contribution >= 0.6 is 15.9 Å². The summed E-state index contributed by atoms with van der Waals surface area (Å²) < 4.78 is 0.877. The van der Waals surface area contributed by atoms with Gasteiger partial charge in [0.15, 0.2) is 0 Å². The molecule has 0 aliphatic carbocycles. The number of hydrogen-bond acceptors (Lipinski definition) is 3. The second kappa shape index (κ2) is 4.53. The van der Waals surface area contributed by atoms with Crippen molar-refractivity contribution in [2.45, 2.75) is 20.3 Å². The Labute approximate surface area is 112 Å². The summed E-state index contributed by atoms with van der Waals surface area (Å²) in [7, 11) is 0. The van der Waals surface area contributed by atoms with Crippen LogP contribution in [0.15, 0.2) is 16.6 Å². The molecule has 5 nitrogen and oxygen atoms in total. The van der Waals surface area contributed by atoms with E-state index in [0.717, 1.165) is 20.5 Å². The Morgan fingerprint density at radius 2 is 1.72 bits per heavy atom. The number of halogens is 1. The predicted octanol–water partition coefficient (Wildman–Crippen LogP) is 2.04. The van der Waals surface area contributed by atoms with Crippen molar-refractivity contribution < 1.29 is 14.4 Å². The van der Waals surface area contributed by atoms with Crippen molar-refractivity contribution in [2.24, 2.45) is 0 Å². The fraction of sp³-hybridized carbons (Fsp3) is 0.250. The first kappa shape index (κ1) is 12.8. The van der Waals surface area contributed by atoms with Gasteiger partial charge in [0, 0.05) is 4.47 Å². The van der Waals surface area contributed by atoms with Gasteiger partial charge in [-0.2, -0.15) is 0 Å². The maximum atomic E-state index is 11.8. The van der Waals surface area contributed by atoms with Gasteiger partial charge in [-0.15, -0.1) is 0 Å². The number of nitrogens with one attached hydrogen (secondary N) is 1. The lowest BCUT2D eigenvalue weighted by atomic mass is 10.1. The van der Waals surface area contributed by atoms with Crippen LogP contribution in [0.4, 0.5) is 10.5 Å². The Balaban J connectivity index is 2.52. The number of nitrogens with zero attached hydrogens (tertiary/aromatic N) is 1. The highest BCUT2D eigenvalue weighted by atomic mass is 79.9. The van der Waals surface area contributed by atoms with Gasteiger partial charge in [0.1, 0.15) is 6.42 Å². The maximum Gasteiger partial charge on any atom is 0.335 e. The van der Waals surface area contributed by atoms with Crippen LogP contribution in [-0.4, -0.2) is 17.8 Å². The van der Waals surface area contributed by atoms with Crippen LogP contribution in [0.5, 0.6) is 0 Å². The molecule has 2 rings (SSSR count). The lowest BCUT2D eigenvalue weighted by Gasteiger charge is -2.27. The molecule has 0 saturated carbocycles. The normalized spacial score (nSPS) is 15.9. The average molecular weight is 311 g/mol. The van der Waals surface area contributed by atoms with Gasteiger partial charge in [0.25, 0.3) is 0 Å². The van der Waals surface area contributed by atoms with Gasteiger partial charge in [0.2, 0.25) is 11.8 Å². The van der Waals surface area contributed by atoms with Gasteiger partial charge in [-0.25, -0.2) is 9.69 Å². The van der Waals surface area contributed by atoms with E-state index in [0.29, 0.717) is 5.69 Å². The number of urea groups is 1. The minimum Gasteiger partial charge on any atom is -0.277 e. The van der Waals surface area contributed by atoms with Crippen LogP contribution < -0.4 is 10.2 Å². The molecule has 1 aromatic carbocycles. The quantitative estimate of drug-likeness (QED) is 0.807. The van der Waals surface area contributed by atoms with Gasteiger partial charge in [-0.3, -0.25) is 14.9 Å². The zero-order valence-electron chi connectivity index (χ0n) is 9.91. The minimum atomic E-state index is -0.690. The topological polar surface area (TPSA) is 66.5 Å². The number of imide groups is 2. The van der Waals surface area contributed by atoms with E-state index >= 15 is 0 Å². The number of carbonyl (C=O) groups excluding carboxylic acids is 3. The first-order chi connectivity index (χ1) is 8.40. The van der Waals surface area contributed by atoms with E-state index in [4.69, 9.17) is 0 Å². The molecule has 0 bridgehead atoms. The van der Waals surface area contributed by atoms with Gasteiger partial charge in [-0.05, 0) is 37.1 Å². The molecule has 1 fully saturated rings. The molecule has 0 radical (unpaired) electrons.